The van der Waals surface area contributed by atoms with Crippen LogP contribution in [0.25, 0.3) is 0 Å². The van der Waals surface area contributed by atoms with Crippen molar-refractivity contribution in [1.29, 1.82) is 0 Å². The Labute approximate surface area is 190 Å². The van der Waals surface area contributed by atoms with E-state index >= 15 is 0 Å². The number of ether oxygens (including phenoxy) is 1. The van der Waals surface area contributed by atoms with Crippen LogP contribution in [0.2, 0.25) is 0 Å². The lowest BCUT2D eigenvalue weighted by Crippen LogP contribution is -2.41. The predicted octanol–water partition coefficient (Wildman–Crippen LogP) is 1.64. The van der Waals surface area contributed by atoms with Gasteiger partial charge in [0.15, 0.2) is 0 Å². The van der Waals surface area contributed by atoms with Gasteiger partial charge in [-0.05, 0) is 50.7 Å². The Morgan fingerprint density at radius 3 is 2.75 bits per heavy atom. The maximum Gasteiger partial charge on any atom is 0.279 e. The molecule has 2 aromatic heterocycles. The smallest absolute Gasteiger partial charge is 0.279 e. The first kappa shape index (κ1) is 22.5. The number of aryl methyl sites for hydroxylation is 3. The fraction of sp³-hybridized carbons (Fsp3) is 0.545. The van der Waals surface area contributed by atoms with Crippen LogP contribution in [0.4, 0.5) is 5.95 Å². The van der Waals surface area contributed by atoms with Crippen molar-refractivity contribution in [2.45, 2.75) is 51.9 Å². The quantitative estimate of drug-likeness (QED) is 0.462. The number of carbonyl (C=O) groups is 2. The normalized spacial score (nSPS) is 16.2. The lowest BCUT2D eigenvalue weighted by molar-refractivity contribution is -0.121. The van der Waals surface area contributed by atoms with Crippen LogP contribution in [-0.2, 0) is 28.8 Å². The van der Waals surface area contributed by atoms with Crippen LogP contribution < -0.4 is 21.3 Å². The molecule has 0 unspecified atom stereocenters. The summed E-state index contributed by atoms with van der Waals surface area (Å²) in [5.41, 5.74) is 7.05. The molecule has 1 saturated heterocycles. The van der Waals surface area contributed by atoms with Crippen LogP contribution >= 0.6 is 11.3 Å². The van der Waals surface area contributed by atoms with Crippen LogP contribution in [-0.4, -0.2) is 48.1 Å². The zero-order chi connectivity index (χ0) is 22.5. The van der Waals surface area contributed by atoms with Crippen molar-refractivity contribution >= 4 is 29.1 Å². The second-order valence-corrected chi connectivity index (χ2v) is 9.31. The SMILES string of the molecule is Cc1nc(N2CCOCC2)[nH]c(=O)c1CCC(=O)NNC(=O)c1cc2c(s1)CCCCC2. The molecule has 0 spiro atoms. The van der Waals surface area contributed by atoms with Gasteiger partial charge in [-0.2, -0.15) is 0 Å². The summed E-state index contributed by atoms with van der Waals surface area (Å²) in [6.45, 7) is 4.33. The van der Waals surface area contributed by atoms with Gasteiger partial charge < -0.3 is 9.64 Å². The second kappa shape index (κ2) is 10.3. The number of rotatable bonds is 5. The lowest BCUT2D eigenvalue weighted by atomic mass is 10.1. The van der Waals surface area contributed by atoms with Crippen LogP contribution in [0.3, 0.4) is 0 Å². The van der Waals surface area contributed by atoms with Crippen molar-refractivity contribution in [3.8, 4) is 0 Å². The van der Waals surface area contributed by atoms with E-state index in [0.717, 1.165) is 25.7 Å². The van der Waals surface area contributed by atoms with Crippen molar-refractivity contribution < 1.29 is 14.3 Å². The first-order chi connectivity index (χ1) is 15.5. The molecule has 0 radical (unpaired) electrons. The molecule has 1 aliphatic carbocycles. The molecule has 10 heteroatoms. The molecule has 9 nitrogen and oxygen atoms in total. The lowest BCUT2D eigenvalue weighted by Gasteiger charge is -2.27. The van der Waals surface area contributed by atoms with E-state index in [1.807, 2.05) is 11.0 Å². The molecule has 3 N–H and O–H groups in total. The third kappa shape index (κ3) is 5.36. The third-order valence-electron chi connectivity index (χ3n) is 5.91. The van der Waals surface area contributed by atoms with Gasteiger partial charge in [-0.25, -0.2) is 4.98 Å². The van der Waals surface area contributed by atoms with Crippen molar-refractivity contribution in [3.05, 3.63) is 43.0 Å². The fourth-order valence-corrected chi connectivity index (χ4v) is 5.23. The number of hydrogen-bond acceptors (Lipinski definition) is 7. The molecule has 0 aromatic carbocycles. The first-order valence-corrected chi connectivity index (χ1v) is 12.0. The van der Waals surface area contributed by atoms with E-state index in [0.29, 0.717) is 48.4 Å². The number of thiophene rings is 1. The maximum absolute atomic E-state index is 12.5. The van der Waals surface area contributed by atoms with E-state index in [2.05, 4.69) is 20.8 Å². The fourth-order valence-electron chi connectivity index (χ4n) is 4.08. The summed E-state index contributed by atoms with van der Waals surface area (Å²) >= 11 is 1.51. The van der Waals surface area contributed by atoms with Crippen molar-refractivity contribution in [2.24, 2.45) is 0 Å². The van der Waals surface area contributed by atoms with E-state index in [9.17, 15) is 14.4 Å². The Hall–Kier alpha value is -2.72. The minimum Gasteiger partial charge on any atom is -0.378 e. The zero-order valence-electron chi connectivity index (χ0n) is 18.3. The number of anilines is 1. The summed E-state index contributed by atoms with van der Waals surface area (Å²) in [6, 6.07) is 1.94. The highest BCUT2D eigenvalue weighted by atomic mass is 32.1. The number of hydrogen-bond donors (Lipinski definition) is 3. The number of aromatic amines is 1. The third-order valence-corrected chi connectivity index (χ3v) is 7.14. The van der Waals surface area contributed by atoms with Crippen LogP contribution in [0.5, 0.6) is 0 Å². The molecule has 4 rings (SSSR count). The molecular weight excluding hydrogens is 430 g/mol. The molecule has 2 amide bonds. The summed E-state index contributed by atoms with van der Waals surface area (Å²) in [5.74, 6) is -0.125. The van der Waals surface area contributed by atoms with Crippen molar-refractivity contribution in [3.63, 3.8) is 0 Å². The average Bonchev–Trinajstić information content (AvgIpc) is 3.07. The highest BCUT2D eigenvalue weighted by molar-refractivity contribution is 7.14. The van der Waals surface area contributed by atoms with Crippen molar-refractivity contribution in [2.75, 3.05) is 31.2 Å². The number of nitrogens with zero attached hydrogens (tertiary/aromatic N) is 2. The van der Waals surface area contributed by atoms with Gasteiger partial charge in [0.25, 0.3) is 11.5 Å². The summed E-state index contributed by atoms with van der Waals surface area (Å²) < 4.78 is 5.33. The van der Waals surface area contributed by atoms with Gasteiger partial charge in [-0.15, -0.1) is 11.3 Å². The number of aromatic nitrogens is 2. The van der Waals surface area contributed by atoms with E-state index in [-0.39, 0.29) is 30.2 Å². The Kier molecular flexibility index (Phi) is 7.21. The Morgan fingerprint density at radius 1 is 1.19 bits per heavy atom. The second-order valence-electron chi connectivity index (χ2n) is 8.17. The van der Waals surface area contributed by atoms with E-state index in [1.165, 1.54) is 28.2 Å². The molecule has 1 aliphatic heterocycles. The molecule has 2 aliphatic rings. The summed E-state index contributed by atoms with van der Waals surface area (Å²) in [5, 5.41) is 0. The zero-order valence-corrected chi connectivity index (χ0v) is 19.1. The molecule has 3 heterocycles. The Bertz CT molecular complexity index is 1020. The van der Waals surface area contributed by atoms with Gasteiger partial charge in [0.2, 0.25) is 11.9 Å². The molecule has 0 bridgehead atoms. The minimum absolute atomic E-state index is 0.0731. The Balaban J connectivity index is 1.29. The molecule has 2 aromatic rings. The van der Waals surface area contributed by atoms with Gasteiger partial charge in [0.1, 0.15) is 0 Å². The maximum atomic E-state index is 12.5. The highest BCUT2D eigenvalue weighted by Gasteiger charge is 2.18. The Morgan fingerprint density at radius 2 is 1.97 bits per heavy atom. The van der Waals surface area contributed by atoms with E-state index in [4.69, 9.17) is 4.74 Å². The van der Waals surface area contributed by atoms with Crippen LogP contribution in [0.1, 0.15) is 57.1 Å². The number of H-pyrrole nitrogens is 1. The average molecular weight is 460 g/mol. The number of morpholine rings is 1. The predicted molar refractivity (Wildman–Crippen MR) is 122 cm³/mol. The first-order valence-electron chi connectivity index (χ1n) is 11.1. The molecule has 0 atom stereocenters. The van der Waals surface area contributed by atoms with Gasteiger partial charge in [-0.3, -0.25) is 30.2 Å². The number of hydrazine groups is 1. The number of fused-ring (bicyclic) bond motifs is 1. The molecule has 0 saturated carbocycles. The molecule has 32 heavy (non-hydrogen) atoms. The van der Waals surface area contributed by atoms with Crippen LogP contribution in [0.15, 0.2) is 10.9 Å². The van der Waals surface area contributed by atoms with Crippen molar-refractivity contribution in [1.82, 2.24) is 20.8 Å². The largest absolute Gasteiger partial charge is 0.378 e. The molecule has 1 fully saturated rings. The van der Waals surface area contributed by atoms with Gasteiger partial charge >= 0.3 is 0 Å². The summed E-state index contributed by atoms with van der Waals surface area (Å²) in [4.78, 5) is 48.4. The standard InChI is InChI=1S/C22H29N5O4S/c1-14-16(20(29)24-22(23-14)27-9-11-31-12-10-27)7-8-19(28)25-26-21(30)18-13-15-5-3-2-4-6-17(15)32-18/h13H,2-12H2,1H3,(H,25,28)(H,26,30)(H,23,24,29). The van der Waals surface area contributed by atoms with Crippen LogP contribution in [0, 0.1) is 6.92 Å². The topological polar surface area (TPSA) is 116 Å². The minimum atomic E-state index is -0.354. The number of nitrogens with one attached hydrogen (secondary N) is 3. The number of carbonyl (C=O) groups excluding carboxylic acids is 2. The summed E-state index contributed by atoms with van der Waals surface area (Å²) in [6.07, 6.45) is 5.89. The highest BCUT2D eigenvalue weighted by Crippen LogP contribution is 2.28. The van der Waals surface area contributed by atoms with Gasteiger partial charge in [0, 0.05) is 35.6 Å². The monoisotopic (exact) mass is 459 g/mol. The number of amides is 2. The summed E-state index contributed by atoms with van der Waals surface area (Å²) in [7, 11) is 0. The molecular formula is C22H29N5O4S. The molecule has 172 valence electrons. The van der Waals surface area contributed by atoms with Gasteiger partial charge in [0.05, 0.1) is 18.1 Å². The van der Waals surface area contributed by atoms with Gasteiger partial charge in [-0.1, -0.05) is 6.42 Å². The van der Waals surface area contributed by atoms with E-state index in [1.54, 1.807) is 6.92 Å². The van der Waals surface area contributed by atoms with E-state index < -0.39 is 0 Å².